The highest BCUT2D eigenvalue weighted by Crippen LogP contribution is 2.52. The maximum atomic E-state index is 5.27. The van der Waals surface area contributed by atoms with Crippen LogP contribution in [0.5, 0.6) is 0 Å². The molecule has 0 unspecified atom stereocenters. The van der Waals surface area contributed by atoms with E-state index in [0.717, 1.165) is 66.7 Å². The quantitative estimate of drug-likeness (QED) is 0.123. The second-order valence-corrected chi connectivity index (χ2v) is 17.3. The summed E-state index contributed by atoms with van der Waals surface area (Å²) in [7, 11) is 0. The van der Waals surface area contributed by atoms with E-state index in [1.165, 1.54) is 64.6 Å². The fraction of sp³-hybridized carbons (Fsp3) is 0. The number of anilines is 6. The highest BCUT2D eigenvalue weighted by molar-refractivity contribution is 6.30. The van der Waals surface area contributed by atoms with Crippen molar-refractivity contribution in [1.82, 2.24) is 9.97 Å². The van der Waals surface area contributed by atoms with Crippen molar-refractivity contribution in [2.24, 2.45) is 0 Å². The SMILES string of the molecule is c1ccc2c(N(c3c4ccccc4cc4ccccc34)c3ccc4ccc5c(N(c6nccc7ccccc67)c6c7ccccc7cc7ccccc67)ccc6ccc3c4c65)nccc2c1. The third-order valence-corrected chi connectivity index (χ3v) is 13.8. The van der Waals surface area contributed by atoms with Crippen molar-refractivity contribution in [2.45, 2.75) is 0 Å². The van der Waals surface area contributed by atoms with Crippen molar-refractivity contribution in [3.05, 3.63) is 231 Å². The van der Waals surface area contributed by atoms with Gasteiger partial charge >= 0.3 is 0 Å². The molecule has 4 heteroatoms. The van der Waals surface area contributed by atoms with Crippen molar-refractivity contribution >= 4 is 131 Å². The summed E-state index contributed by atoms with van der Waals surface area (Å²) in [5, 5.41) is 21.0. The summed E-state index contributed by atoms with van der Waals surface area (Å²) < 4.78 is 0. The van der Waals surface area contributed by atoms with Crippen LogP contribution >= 0.6 is 0 Å². The molecule has 2 aromatic heterocycles. The Bertz CT molecular complexity index is 3880. The molecule has 0 saturated heterocycles. The molecule has 4 nitrogen and oxygen atoms in total. The summed E-state index contributed by atoms with van der Waals surface area (Å²) >= 11 is 0. The molecule has 14 aromatic rings. The molecule has 0 amide bonds. The molecule has 66 heavy (non-hydrogen) atoms. The molecule has 14 rings (SSSR count). The van der Waals surface area contributed by atoms with E-state index in [1.54, 1.807) is 0 Å². The van der Waals surface area contributed by atoms with Crippen LogP contribution in [-0.2, 0) is 0 Å². The van der Waals surface area contributed by atoms with Crippen LogP contribution in [0.2, 0.25) is 0 Å². The second-order valence-electron chi connectivity index (χ2n) is 17.3. The summed E-state index contributed by atoms with van der Waals surface area (Å²) in [6.07, 6.45) is 3.90. The maximum Gasteiger partial charge on any atom is 0.145 e. The topological polar surface area (TPSA) is 32.3 Å². The Hall–Kier alpha value is -8.86. The summed E-state index contributed by atoms with van der Waals surface area (Å²) in [5.41, 5.74) is 4.36. The lowest BCUT2D eigenvalue weighted by molar-refractivity contribution is 1.22. The Labute approximate surface area is 380 Å². The van der Waals surface area contributed by atoms with Crippen molar-refractivity contribution in [1.29, 1.82) is 0 Å². The van der Waals surface area contributed by atoms with Gasteiger partial charge in [-0.3, -0.25) is 9.80 Å². The van der Waals surface area contributed by atoms with Gasteiger partial charge in [0.1, 0.15) is 11.6 Å². The summed E-state index contributed by atoms with van der Waals surface area (Å²) in [6.45, 7) is 0. The van der Waals surface area contributed by atoms with Crippen LogP contribution in [0, 0.1) is 0 Å². The summed E-state index contributed by atoms with van der Waals surface area (Å²) in [4.78, 5) is 15.4. The molecule has 0 aliphatic rings. The van der Waals surface area contributed by atoms with Crippen LogP contribution in [-0.4, -0.2) is 9.97 Å². The Balaban J connectivity index is 1.11. The molecule has 2 heterocycles. The summed E-state index contributed by atoms with van der Waals surface area (Å²) in [5.74, 6) is 1.78. The molecular weight excluding hydrogens is 801 g/mol. The van der Waals surface area contributed by atoms with E-state index in [4.69, 9.17) is 9.97 Å². The van der Waals surface area contributed by atoms with E-state index in [0.29, 0.717) is 0 Å². The number of hydrogen-bond acceptors (Lipinski definition) is 4. The molecule has 306 valence electrons. The predicted octanol–water partition coefficient (Wildman–Crippen LogP) is 17.2. The van der Waals surface area contributed by atoms with E-state index in [2.05, 4.69) is 228 Å². The lowest BCUT2D eigenvalue weighted by Crippen LogP contribution is -2.14. The van der Waals surface area contributed by atoms with Gasteiger partial charge in [-0.1, -0.05) is 182 Å². The minimum absolute atomic E-state index is 0.890. The number of benzene rings is 12. The Morgan fingerprint density at radius 2 is 0.561 bits per heavy atom. The molecule has 0 saturated carbocycles. The molecule has 0 aliphatic heterocycles. The monoisotopic (exact) mass is 838 g/mol. The molecule has 12 aromatic carbocycles. The number of pyridine rings is 2. The van der Waals surface area contributed by atoms with Crippen molar-refractivity contribution in [3.63, 3.8) is 0 Å². The van der Waals surface area contributed by atoms with Gasteiger partial charge in [0, 0.05) is 55.5 Å². The zero-order chi connectivity index (χ0) is 43.3. The van der Waals surface area contributed by atoms with Crippen molar-refractivity contribution in [3.8, 4) is 0 Å². The van der Waals surface area contributed by atoms with Gasteiger partial charge in [0.05, 0.1) is 22.7 Å². The van der Waals surface area contributed by atoms with Gasteiger partial charge in [-0.15, -0.1) is 0 Å². The van der Waals surface area contributed by atoms with Gasteiger partial charge in [0.25, 0.3) is 0 Å². The van der Waals surface area contributed by atoms with E-state index in [9.17, 15) is 0 Å². The zero-order valence-electron chi connectivity index (χ0n) is 35.7. The Kier molecular flexibility index (Phi) is 7.95. The number of aromatic nitrogens is 2. The molecule has 0 radical (unpaired) electrons. The van der Waals surface area contributed by atoms with Crippen LogP contribution in [0.1, 0.15) is 0 Å². The standard InChI is InChI=1S/C62H38N4/c1-11-23-51-39(13-1)33-35-63-61(51)65(59-47-19-7-3-15-43(47)37-44-16-4-8-20-48(44)59)55-31-27-41-26-30-54-56(32-28-42-25-29-53(55)57(41)58(42)54)66(62-52-24-12-2-14-40(52)34-36-64-62)60-49-21-9-5-17-45(49)38-46-18-6-10-22-50(46)60/h1-38H. The van der Waals surface area contributed by atoms with Gasteiger partial charge in [-0.2, -0.15) is 0 Å². The third-order valence-electron chi connectivity index (χ3n) is 13.8. The zero-order valence-corrected chi connectivity index (χ0v) is 35.7. The highest BCUT2D eigenvalue weighted by Gasteiger charge is 2.27. The summed E-state index contributed by atoms with van der Waals surface area (Å²) in [6, 6.07) is 79.6. The first kappa shape index (κ1) is 36.6. The molecule has 0 bridgehead atoms. The average Bonchev–Trinajstić information content (AvgIpc) is 3.38. The first-order valence-corrected chi connectivity index (χ1v) is 22.6. The molecule has 0 spiro atoms. The fourth-order valence-electron chi connectivity index (χ4n) is 10.9. The van der Waals surface area contributed by atoms with Crippen LogP contribution in [0.3, 0.4) is 0 Å². The molecule has 0 fully saturated rings. The minimum atomic E-state index is 0.890. The lowest BCUT2D eigenvalue weighted by Gasteiger charge is -2.31. The second kappa shape index (κ2) is 14.3. The largest absolute Gasteiger partial charge is 0.293 e. The van der Waals surface area contributed by atoms with E-state index < -0.39 is 0 Å². The number of rotatable bonds is 6. The molecule has 0 N–H and O–H groups in total. The first-order valence-electron chi connectivity index (χ1n) is 22.6. The molecular formula is C62H38N4. The van der Waals surface area contributed by atoms with Gasteiger partial charge in [0.2, 0.25) is 0 Å². The van der Waals surface area contributed by atoms with E-state index in [-0.39, 0.29) is 0 Å². The first-order chi connectivity index (χ1) is 32.8. The third kappa shape index (κ3) is 5.39. The number of hydrogen-bond donors (Lipinski definition) is 0. The fourth-order valence-corrected chi connectivity index (χ4v) is 10.9. The number of nitrogens with zero attached hydrogens (tertiary/aromatic N) is 4. The van der Waals surface area contributed by atoms with Crippen LogP contribution in [0.4, 0.5) is 34.4 Å². The number of fused-ring (bicyclic) bond motifs is 6. The predicted molar refractivity (Wildman–Crippen MR) is 280 cm³/mol. The van der Waals surface area contributed by atoms with Gasteiger partial charge in [-0.25, -0.2) is 9.97 Å². The lowest BCUT2D eigenvalue weighted by atomic mass is 9.91. The molecule has 0 atom stereocenters. The Morgan fingerprint density at radius 3 is 0.939 bits per heavy atom. The van der Waals surface area contributed by atoms with E-state index in [1.807, 2.05) is 12.4 Å². The maximum absolute atomic E-state index is 5.27. The van der Waals surface area contributed by atoms with Crippen LogP contribution < -0.4 is 9.80 Å². The van der Waals surface area contributed by atoms with Crippen LogP contribution in [0.15, 0.2) is 231 Å². The minimum Gasteiger partial charge on any atom is -0.293 e. The van der Waals surface area contributed by atoms with Crippen molar-refractivity contribution < 1.29 is 0 Å². The van der Waals surface area contributed by atoms with E-state index >= 15 is 0 Å². The normalized spacial score (nSPS) is 11.9. The molecule has 0 aliphatic carbocycles. The average molecular weight is 839 g/mol. The van der Waals surface area contributed by atoms with Crippen LogP contribution in [0.25, 0.3) is 97.0 Å². The van der Waals surface area contributed by atoms with Gasteiger partial charge < -0.3 is 0 Å². The van der Waals surface area contributed by atoms with Gasteiger partial charge in [-0.05, 0) is 90.3 Å². The van der Waals surface area contributed by atoms with Gasteiger partial charge in [0.15, 0.2) is 0 Å². The smallest absolute Gasteiger partial charge is 0.145 e. The highest BCUT2D eigenvalue weighted by atomic mass is 15.2. The Morgan fingerprint density at radius 1 is 0.242 bits per heavy atom. The van der Waals surface area contributed by atoms with Crippen molar-refractivity contribution in [2.75, 3.05) is 9.80 Å².